The van der Waals surface area contributed by atoms with Gasteiger partial charge in [-0.2, -0.15) is 13.2 Å². The molecule has 152 valence electrons. The molecule has 2 rings (SSSR count). The van der Waals surface area contributed by atoms with Crippen LogP contribution in [0.25, 0.3) is 5.57 Å². The van der Waals surface area contributed by atoms with Crippen molar-refractivity contribution in [2.45, 2.75) is 52.1 Å². The first-order valence-corrected chi connectivity index (χ1v) is 9.73. The van der Waals surface area contributed by atoms with Gasteiger partial charge in [0.25, 0.3) is 0 Å². The standard InChI is InChI=1S/C10H4Cl3F3O2.C9H18/c11-6-1-4(2-7(12)9(6)13)5(3-8(17)18)10(14,15)16;1-8(2)9-6-4-3-5-7-9/h1-3H,(H,17,18);8-9H,3-7H2,1-2H3/b5-3+;. The number of carboxylic acid groups (broad SMARTS) is 1. The first-order chi connectivity index (χ1) is 12.4. The molecule has 0 saturated heterocycles. The first kappa shape index (κ1) is 24.1. The summed E-state index contributed by atoms with van der Waals surface area (Å²) >= 11 is 16.8. The van der Waals surface area contributed by atoms with Crippen LogP contribution in [-0.4, -0.2) is 17.3 Å². The van der Waals surface area contributed by atoms with Crippen LogP contribution in [0.3, 0.4) is 0 Å². The third-order valence-electron chi connectivity index (χ3n) is 4.46. The molecule has 0 amide bonds. The second kappa shape index (κ2) is 10.6. The fraction of sp³-hybridized carbons (Fsp3) is 0.526. The van der Waals surface area contributed by atoms with Crippen molar-refractivity contribution in [3.05, 3.63) is 38.8 Å². The van der Waals surface area contributed by atoms with Gasteiger partial charge in [0.2, 0.25) is 0 Å². The van der Waals surface area contributed by atoms with Crippen LogP contribution in [0.15, 0.2) is 18.2 Å². The molecule has 0 bridgehead atoms. The molecule has 0 aromatic heterocycles. The monoisotopic (exact) mass is 444 g/mol. The van der Waals surface area contributed by atoms with Gasteiger partial charge in [-0.1, -0.05) is 80.8 Å². The molecule has 1 aromatic rings. The number of alkyl halides is 3. The molecular formula is C19H22Cl3F3O2. The van der Waals surface area contributed by atoms with Crippen LogP contribution in [0.4, 0.5) is 13.2 Å². The average molecular weight is 446 g/mol. The normalized spacial score (nSPS) is 16.1. The van der Waals surface area contributed by atoms with Gasteiger partial charge < -0.3 is 5.11 Å². The largest absolute Gasteiger partial charge is 0.478 e. The Morgan fingerprint density at radius 2 is 1.59 bits per heavy atom. The summed E-state index contributed by atoms with van der Waals surface area (Å²) in [6.07, 6.45) is 2.65. The zero-order valence-electron chi connectivity index (χ0n) is 15.0. The summed E-state index contributed by atoms with van der Waals surface area (Å²) in [4.78, 5) is 10.4. The van der Waals surface area contributed by atoms with Gasteiger partial charge in [-0.3, -0.25) is 0 Å². The van der Waals surface area contributed by atoms with Gasteiger partial charge in [-0.05, 0) is 29.5 Å². The van der Waals surface area contributed by atoms with Crippen molar-refractivity contribution in [2.24, 2.45) is 11.8 Å². The maximum Gasteiger partial charge on any atom is 0.417 e. The molecule has 1 aliphatic rings. The van der Waals surface area contributed by atoms with Gasteiger partial charge in [-0.25, -0.2) is 4.79 Å². The smallest absolute Gasteiger partial charge is 0.417 e. The van der Waals surface area contributed by atoms with Gasteiger partial charge in [0.15, 0.2) is 0 Å². The molecule has 1 saturated carbocycles. The molecular weight excluding hydrogens is 424 g/mol. The van der Waals surface area contributed by atoms with E-state index < -0.39 is 23.3 Å². The molecule has 1 aromatic carbocycles. The van der Waals surface area contributed by atoms with Crippen LogP contribution in [0.2, 0.25) is 15.1 Å². The first-order valence-electron chi connectivity index (χ1n) is 8.60. The average Bonchev–Trinajstić information content (AvgIpc) is 2.57. The predicted molar refractivity (Wildman–Crippen MR) is 105 cm³/mol. The molecule has 8 heteroatoms. The Morgan fingerprint density at radius 1 is 1.11 bits per heavy atom. The van der Waals surface area contributed by atoms with Gasteiger partial charge in [0.05, 0.1) is 20.6 Å². The number of carboxylic acids is 1. The van der Waals surface area contributed by atoms with Crippen molar-refractivity contribution in [3.63, 3.8) is 0 Å². The van der Waals surface area contributed by atoms with Crippen LogP contribution < -0.4 is 0 Å². The highest BCUT2D eigenvalue weighted by Gasteiger charge is 2.36. The number of benzene rings is 1. The quantitative estimate of drug-likeness (QED) is 0.379. The van der Waals surface area contributed by atoms with E-state index in [0.717, 1.165) is 24.0 Å². The SMILES string of the molecule is CC(C)C1CCCCC1.O=C(O)/C=C(\c1cc(Cl)c(Cl)c(Cl)c1)C(F)(F)F. The highest BCUT2D eigenvalue weighted by molar-refractivity contribution is 6.48. The minimum Gasteiger partial charge on any atom is -0.478 e. The van der Waals surface area contributed by atoms with Gasteiger partial charge in [-0.15, -0.1) is 0 Å². The number of carbonyl (C=O) groups is 1. The summed E-state index contributed by atoms with van der Waals surface area (Å²) in [6.45, 7) is 4.71. The van der Waals surface area contributed by atoms with Crippen LogP contribution in [-0.2, 0) is 4.79 Å². The van der Waals surface area contributed by atoms with Crippen LogP contribution >= 0.6 is 34.8 Å². The van der Waals surface area contributed by atoms with Gasteiger partial charge in [0, 0.05) is 6.08 Å². The lowest BCUT2D eigenvalue weighted by atomic mass is 9.82. The van der Waals surface area contributed by atoms with E-state index in [9.17, 15) is 18.0 Å². The minimum atomic E-state index is -4.85. The van der Waals surface area contributed by atoms with E-state index in [4.69, 9.17) is 39.9 Å². The van der Waals surface area contributed by atoms with E-state index in [-0.39, 0.29) is 21.1 Å². The van der Waals surface area contributed by atoms with Crippen molar-refractivity contribution in [1.82, 2.24) is 0 Å². The number of rotatable bonds is 3. The highest BCUT2D eigenvalue weighted by Crippen LogP contribution is 2.39. The molecule has 27 heavy (non-hydrogen) atoms. The summed E-state index contributed by atoms with van der Waals surface area (Å²) in [5.74, 6) is 0.258. The predicted octanol–water partition coefficient (Wildman–Crippen LogP) is 7.90. The number of hydrogen-bond acceptors (Lipinski definition) is 1. The molecule has 0 spiro atoms. The number of halogens is 6. The fourth-order valence-electron chi connectivity index (χ4n) is 2.96. The Hall–Kier alpha value is -0.910. The highest BCUT2D eigenvalue weighted by atomic mass is 35.5. The van der Waals surface area contributed by atoms with E-state index in [1.165, 1.54) is 32.1 Å². The van der Waals surface area contributed by atoms with E-state index in [2.05, 4.69) is 13.8 Å². The van der Waals surface area contributed by atoms with Crippen molar-refractivity contribution in [2.75, 3.05) is 0 Å². The second-order valence-corrected chi connectivity index (χ2v) is 7.98. The minimum absolute atomic E-state index is 0.0376. The molecule has 2 nitrogen and oxygen atoms in total. The molecule has 0 unspecified atom stereocenters. The Morgan fingerprint density at radius 3 is 1.93 bits per heavy atom. The molecule has 0 radical (unpaired) electrons. The number of allylic oxidation sites excluding steroid dienone is 1. The number of aliphatic carboxylic acids is 1. The lowest BCUT2D eigenvalue weighted by molar-refractivity contribution is -0.131. The molecule has 1 fully saturated rings. The molecule has 0 atom stereocenters. The lowest BCUT2D eigenvalue weighted by Crippen LogP contribution is -2.12. The summed E-state index contributed by atoms with van der Waals surface area (Å²) < 4.78 is 38.0. The van der Waals surface area contributed by atoms with E-state index in [1.54, 1.807) is 0 Å². The Balaban J connectivity index is 0.000000337. The number of hydrogen-bond donors (Lipinski definition) is 1. The van der Waals surface area contributed by atoms with E-state index >= 15 is 0 Å². The maximum absolute atomic E-state index is 12.7. The fourth-order valence-corrected chi connectivity index (χ4v) is 3.56. The molecule has 1 aliphatic carbocycles. The summed E-state index contributed by atoms with van der Waals surface area (Å²) in [5, 5.41) is 7.95. The summed E-state index contributed by atoms with van der Waals surface area (Å²) in [5.41, 5.74) is -1.83. The van der Waals surface area contributed by atoms with Crippen molar-refractivity contribution in [1.29, 1.82) is 0 Å². The van der Waals surface area contributed by atoms with Crippen LogP contribution in [0.5, 0.6) is 0 Å². The Kier molecular flexibility index (Phi) is 9.46. The summed E-state index contributed by atoms with van der Waals surface area (Å²) in [7, 11) is 0. The van der Waals surface area contributed by atoms with Gasteiger partial charge in [0.1, 0.15) is 0 Å². The zero-order chi connectivity index (χ0) is 20.8. The maximum atomic E-state index is 12.7. The van der Waals surface area contributed by atoms with Crippen molar-refractivity contribution < 1.29 is 23.1 Å². The molecule has 0 heterocycles. The third kappa shape index (κ3) is 7.92. The van der Waals surface area contributed by atoms with E-state index in [0.29, 0.717) is 0 Å². The Bertz CT molecular complexity index is 656. The zero-order valence-corrected chi connectivity index (χ0v) is 17.3. The van der Waals surface area contributed by atoms with Crippen LogP contribution in [0, 0.1) is 11.8 Å². The van der Waals surface area contributed by atoms with E-state index in [1.807, 2.05) is 0 Å². The lowest BCUT2D eigenvalue weighted by Gasteiger charge is -2.24. The topological polar surface area (TPSA) is 37.3 Å². The molecule has 0 aliphatic heterocycles. The second-order valence-electron chi connectivity index (χ2n) is 6.79. The Labute approximate surface area is 172 Å². The molecule has 1 N–H and O–H groups in total. The van der Waals surface area contributed by atoms with Crippen molar-refractivity contribution in [3.8, 4) is 0 Å². The van der Waals surface area contributed by atoms with Crippen LogP contribution in [0.1, 0.15) is 51.5 Å². The summed E-state index contributed by atoms with van der Waals surface area (Å²) in [6, 6.07) is 1.80. The van der Waals surface area contributed by atoms with Crippen molar-refractivity contribution >= 4 is 46.3 Å². The third-order valence-corrected chi connectivity index (χ3v) is 5.66. The van der Waals surface area contributed by atoms with Gasteiger partial charge >= 0.3 is 12.1 Å².